The molecule has 1 aromatic carbocycles. The van der Waals surface area contributed by atoms with Crippen molar-refractivity contribution in [2.75, 3.05) is 19.6 Å². The summed E-state index contributed by atoms with van der Waals surface area (Å²) >= 11 is 0. The van der Waals surface area contributed by atoms with Crippen LogP contribution >= 0.6 is 0 Å². The van der Waals surface area contributed by atoms with Gasteiger partial charge in [0.2, 0.25) is 0 Å². The van der Waals surface area contributed by atoms with E-state index < -0.39 is 0 Å². The second kappa shape index (κ2) is 7.42. The molecule has 90 valence electrons. The molecule has 1 aromatic rings. The quantitative estimate of drug-likeness (QED) is 0.765. The van der Waals surface area contributed by atoms with E-state index in [0.29, 0.717) is 0 Å². The minimum Gasteiger partial charge on any atom is -0.330 e. The van der Waals surface area contributed by atoms with Gasteiger partial charge in [-0.15, -0.1) is 0 Å². The molecule has 0 radical (unpaired) electrons. The average molecular weight is 220 g/mol. The van der Waals surface area contributed by atoms with Crippen LogP contribution in [0, 0.1) is 6.92 Å². The summed E-state index contributed by atoms with van der Waals surface area (Å²) in [5.74, 6) is 0. The molecule has 0 aliphatic carbocycles. The topological polar surface area (TPSA) is 29.3 Å². The van der Waals surface area contributed by atoms with Crippen LogP contribution in [0.1, 0.15) is 30.9 Å². The fraction of sp³-hybridized carbons (Fsp3) is 0.571. The lowest BCUT2D eigenvalue weighted by molar-refractivity contribution is 0.263. The molecule has 1 rings (SSSR count). The summed E-state index contributed by atoms with van der Waals surface area (Å²) < 4.78 is 0. The lowest BCUT2D eigenvalue weighted by atomic mass is 10.1. The zero-order valence-electron chi connectivity index (χ0n) is 10.6. The number of hydrogen-bond acceptors (Lipinski definition) is 2. The number of nitrogens with two attached hydrogens (primary N) is 1. The van der Waals surface area contributed by atoms with Crippen molar-refractivity contribution in [3.63, 3.8) is 0 Å². The summed E-state index contributed by atoms with van der Waals surface area (Å²) in [5.41, 5.74) is 8.39. The Balaban J connectivity index is 2.56. The Morgan fingerprint density at radius 3 is 2.56 bits per heavy atom. The van der Waals surface area contributed by atoms with Crippen LogP contribution in [0.25, 0.3) is 0 Å². The van der Waals surface area contributed by atoms with Crippen molar-refractivity contribution in [3.8, 4) is 0 Å². The molecular formula is C14H24N2. The molecule has 0 saturated heterocycles. The maximum atomic E-state index is 5.57. The van der Waals surface area contributed by atoms with E-state index in [0.717, 1.165) is 32.6 Å². The van der Waals surface area contributed by atoms with Crippen LogP contribution < -0.4 is 5.73 Å². The summed E-state index contributed by atoms with van der Waals surface area (Å²) in [6, 6.07) is 8.63. The van der Waals surface area contributed by atoms with Crippen molar-refractivity contribution < 1.29 is 0 Å². The van der Waals surface area contributed by atoms with E-state index in [-0.39, 0.29) is 0 Å². The maximum absolute atomic E-state index is 5.57. The molecule has 0 aliphatic rings. The van der Waals surface area contributed by atoms with E-state index in [1.54, 1.807) is 0 Å². The maximum Gasteiger partial charge on any atom is 0.0236 e. The number of aryl methyl sites for hydroxylation is 1. The molecule has 16 heavy (non-hydrogen) atoms. The van der Waals surface area contributed by atoms with E-state index in [1.165, 1.54) is 17.5 Å². The first-order valence-corrected chi connectivity index (χ1v) is 6.24. The molecule has 2 nitrogen and oxygen atoms in total. The fourth-order valence-corrected chi connectivity index (χ4v) is 1.93. The second-order valence-electron chi connectivity index (χ2n) is 4.34. The van der Waals surface area contributed by atoms with Crippen LogP contribution in [0.3, 0.4) is 0 Å². The zero-order valence-corrected chi connectivity index (χ0v) is 10.6. The van der Waals surface area contributed by atoms with Gasteiger partial charge in [0.1, 0.15) is 0 Å². The molecule has 0 aliphatic heterocycles. The largest absolute Gasteiger partial charge is 0.330 e. The standard InChI is InChI=1S/C14H24N2/c1-3-10-16(11-6-9-15)12-14-8-5-4-7-13(14)2/h4-5,7-8H,3,6,9-12,15H2,1-2H3. The molecule has 0 amide bonds. The van der Waals surface area contributed by atoms with Crippen LogP contribution in [-0.4, -0.2) is 24.5 Å². The van der Waals surface area contributed by atoms with E-state index in [9.17, 15) is 0 Å². The molecule has 0 atom stereocenters. The molecule has 0 bridgehead atoms. The smallest absolute Gasteiger partial charge is 0.0236 e. The van der Waals surface area contributed by atoms with Gasteiger partial charge < -0.3 is 5.73 Å². The predicted octanol–water partition coefficient (Wildman–Crippen LogP) is 2.56. The van der Waals surface area contributed by atoms with Crippen LogP contribution in [-0.2, 0) is 6.54 Å². The summed E-state index contributed by atoms with van der Waals surface area (Å²) in [6.07, 6.45) is 2.29. The van der Waals surface area contributed by atoms with Crippen molar-refractivity contribution in [2.24, 2.45) is 5.73 Å². The van der Waals surface area contributed by atoms with Crippen LogP contribution in [0.15, 0.2) is 24.3 Å². The summed E-state index contributed by atoms with van der Waals surface area (Å²) in [7, 11) is 0. The Morgan fingerprint density at radius 2 is 1.94 bits per heavy atom. The summed E-state index contributed by atoms with van der Waals surface area (Å²) in [5, 5.41) is 0. The van der Waals surface area contributed by atoms with Gasteiger partial charge in [0, 0.05) is 6.54 Å². The molecule has 0 aromatic heterocycles. The first-order chi connectivity index (χ1) is 7.77. The Bertz CT molecular complexity index is 297. The monoisotopic (exact) mass is 220 g/mol. The Morgan fingerprint density at radius 1 is 1.19 bits per heavy atom. The molecule has 2 N–H and O–H groups in total. The third-order valence-electron chi connectivity index (χ3n) is 2.87. The van der Waals surface area contributed by atoms with Crippen LogP contribution in [0.4, 0.5) is 0 Å². The summed E-state index contributed by atoms with van der Waals surface area (Å²) in [6.45, 7) is 8.52. The van der Waals surface area contributed by atoms with Gasteiger partial charge in [-0.3, -0.25) is 4.90 Å². The van der Waals surface area contributed by atoms with E-state index in [1.807, 2.05) is 0 Å². The van der Waals surface area contributed by atoms with Gasteiger partial charge >= 0.3 is 0 Å². The minimum absolute atomic E-state index is 0.786. The van der Waals surface area contributed by atoms with Gasteiger partial charge in [-0.05, 0) is 50.5 Å². The lowest BCUT2D eigenvalue weighted by Crippen LogP contribution is -2.27. The van der Waals surface area contributed by atoms with Gasteiger partial charge in [0.15, 0.2) is 0 Å². The molecule has 0 heterocycles. The first kappa shape index (κ1) is 13.2. The van der Waals surface area contributed by atoms with Crippen molar-refractivity contribution in [1.82, 2.24) is 4.90 Å². The highest BCUT2D eigenvalue weighted by Crippen LogP contribution is 2.10. The first-order valence-electron chi connectivity index (χ1n) is 6.24. The molecule has 0 saturated carbocycles. The Kier molecular flexibility index (Phi) is 6.12. The fourth-order valence-electron chi connectivity index (χ4n) is 1.93. The molecule has 0 fully saturated rings. The molecular weight excluding hydrogens is 196 g/mol. The van der Waals surface area contributed by atoms with E-state index >= 15 is 0 Å². The zero-order chi connectivity index (χ0) is 11.8. The van der Waals surface area contributed by atoms with Gasteiger partial charge in [0.05, 0.1) is 0 Å². The van der Waals surface area contributed by atoms with E-state index in [4.69, 9.17) is 5.73 Å². The van der Waals surface area contributed by atoms with Gasteiger partial charge in [-0.1, -0.05) is 31.2 Å². The molecule has 0 unspecified atom stereocenters. The van der Waals surface area contributed by atoms with Crippen molar-refractivity contribution >= 4 is 0 Å². The lowest BCUT2D eigenvalue weighted by Gasteiger charge is -2.22. The molecule has 0 spiro atoms. The SMILES string of the molecule is CCCN(CCCN)Cc1ccccc1C. The average Bonchev–Trinajstić information content (AvgIpc) is 2.29. The third kappa shape index (κ3) is 4.33. The predicted molar refractivity (Wildman–Crippen MR) is 70.4 cm³/mol. The number of benzene rings is 1. The Hall–Kier alpha value is -0.860. The number of nitrogens with zero attached hydrogens (tertiary/aromatic N) is 1. The normalized spacial score (nSPS) is 11.0. The van der Waals surface area contributed by atoms with Crippen molar-refractivity contribution in [1.29, 1.82) is 0 Å². The number of rotatable bonds is 7. The van der Waals surface area contributed by atoms with Gasteiger partial charge in [-0.25, -0.2) is 0 Å². The van der Waals surface area contributed by atoms with Gasteiger partial charge in [-0.2, -0.15) is 0 Å². The van der Waals surface area contributed by atoms with E-state index in [2.05, 4.69) is 43.0 Å². The third-order valence-corrected chi connectivity index (χ3v) is 2.87. The van der Waals surface area contributed by atoms with Crippen LogP contribution in [0.5, 0.6) is 0 Å². The highest BCUT2D eigenvalue weighted by Gasteiger charge is 2.05. The molecule has 2 heteroatoms. The van der Waals surface area contributed by atoms with Crippen LogP contribution in [0.2, 0.25) is 0 Å². The minimum atomic E-state index is 0.786. The summed E-state index contributed by atoms with van der Waals surface area (Å²) in [4.78, 5) is 2.50. The van der Waals surface area contributed by atoms with Crippen molar-refractivity contribution in [3.05, 3.63) is 35.4 Å². The van der Waals surface area contributed by atoms with Crippen molar-refractivity contribution in [2.45, 2.75) is 33.2 Å². The Labute approximate surface area is 99.5 Å². The highest BCUT2D eigenvalue weighted by atomic mass is 15.1. The van der Waals surface area contributed by atoms with Gasteiger partial charge in [0.25, 0.3) is 0 Å². The number of hydrogen-bond donors (Lipinski definition) is 1. The highest BCUT2D eigenvalue weighted by molar-refractivity contribution is 5.25. The second-order valence-corrected chi connectivity index (χ2v) is 4.34.